The summed E-state index contributed by atoms with van der Waals surface area (Å²) >= 11 is 1.63. The molecule has 2 aromatic carbocycles. The second-order valence-electron chi connectivity index (χ2n) is 7.12. The molecule has 7 heteroatoms. The van der Waals surface area contributed by atoms with E-state index in [1.165, 1.54) is 18.4 Å². The largest absolute Gasteiger partial charge is 0.493 e. The zero-order valence-corrected chi connectivity index (χ0v) is 17.5. The van der Waals surface area contributed by atoms with Crippen LogP contribution in [0.5, 0.6) is 5.75 Å². The van der Waals surface area contributed by atoms with Gasteiger partial charge in [-0.2, -0.15) is 4.98 Å². The maximum atomic E-state index is 5.68. The van der Waals surface area contributed by atoms with Crippen molar-refractivity contribution >= 4 is 11.8 Å². The van der Waals surface area contributed by atoms with Gasteiger partial charge in [0.15, 0.2) is 5.16 Å². The number of ether oxygens (including phenoxy) is 1. The van der Waals surface area contributed by atoms with E-state index in [0.717, 1.165) is 22.2 Å². The van der Waals surface area contributed by atoms with Crippen LogP contribution in [0.4, 0.5) is 0 Å². The van der Waals surface area contributed by atoms with Gasteiger partial charge < -0.3 is 13.8 Å². The Morgan fingerprint density at radius 1 is 1.10 bits per heavy atom. The summed E-state index contributed by atoms with van der Waals surface area (Å²) in [5.41, 5.74) is 3.19. The summed E-state index contributed by atoms with van der Waals surface area (Å²) in [6.45, 7) is 2.55. The molecule has 152 valence electrons. The molecule has 5 rings (SSSR count). The van der Waals surface area contributed by atoms with E-state index < -0.39 is 0 Å². The van der Waals surface area contributed by atoms with E-state index in [1.54, 1.807) is 11.8 Å². The lowest BCUT2D eigenvalue weighted by Gasteiger charge is -2.10. The van der Waals surface area contributed by atoms with Crippen molar-refractivity contribution in [1.82, 2.24) is 19.7 Å². The molecule has 1 saturated carbocycles. The second-order valence-corrected chi connectivity index (χ2v) is 8.07. The molecule has 0 saturated heterocycles. The highest BCUT2D eigenvalue weighted by Gasteiger charge is 2.29. The van der Waals surface area contributed by atoms with E-state index in [9.17, 15) is 0 Å². The quantitative estimate of drug-likeness (QED) is 0.346. The van der Waals surface area contributed by atoms with Gasteiger partial charge in [-0.15, -0.1) is 0 Å². The van der Waals surface area contributed by atoms with E-state index in [4.69, 9.17) is 9.26 Å². The van der Waals surface area contributed by atoms with Gasteiger partial charge in [0.2, 0.25) is 11.7 Å². The molecule has 0 unspecified atom stereocenters. The molecule has 2 aromatic heterocycles. The van der Waals surface area contributed by atoms with Crippen LogP contribution in [-0.4, -0.2) is 26.3 Å². The summed E-state index contributed by atoms with van der Waals surface area (Å²) < 4.78 is 13.5. The van der Waals surface area contributed by atoms with Crippen molar-refractivity contribution in [3.8, 4) is 28.4 Å². The lowest BCUT2D eigenvalue weighted by molar-refractivity contribution is 0.341. The first-order valence-electron chi connectivity index (χ1n) is 10.1. The highest BCUT2D eigenvalue weighted by atomic mass is 32.2. The number of hydrogen-bond acceptors (Lipinski definition) is 6. The molecule has 1 fully saturated rings. The van der Waals surface area contributed by atoms with Gasteiger partial charge in [0, 0.05) is 6.04 Å². The van der Waals surface area contributed by atoms with E-state index >= 15 is 0 Å². The van der Waals surface area contributed by atoms with Gasteiger partial charge in [-0.3, -0.25) is 0 Å². The third kappa shape index (κ3) is 3.85. The van der Waals surface area contributed by atoms with E-state index in [1.807, 2.05) is 43.5 Å². The molecule has 1 aliphatic carbocycles. The number of hydrogen-bond donors (Lipinski definition) is 0. The Hall–Kier alpha value is -3.06. The predicted octanol–water partition coefficient (Wildman–Crippen LogP) is 5.63. The van der Waals surface area contributed by atoms with Crippen LogP contribution in [-0.2, 0) is 5.75 Å². The molecule has 0 atom stereocenters. The molecule has 2 heterocycles. The van der Waals surface area contributed by atoms with Gasteiger partial charge in [-0.1, -0.05) is 59.4 Å². The summed E-state index contributed by atoms with van der Waals surface area (Å²) in [6, 6.07) is 18.7. The second kappa shape index (κ2) is 8.36. The molecule has 6 nitrogen and oxygen atoms in total. The Labute approximate surface area is 179 Å². The first kappa shape index (κ1) is 18.9. The number of rotatable bonds is 8. The lowest BCUT2D eigenvalue weighted by atomic mass is 10.2. The summed E-state index contributed by atoms with van der Waals surface area (Å²) in [6.07, 6.45) is 4.36. The summed E-state index contributed by atoms with van der Waals surface area (Å²) in [4.78, 5) is 9.27. The van der Waals surface area contributed by atoms with Crippen LogP contribution in [0.15, 0.2) is 70.5 Å². The van der Waals surface area contributed by atoms with Crippen molar-refractivity contribution in [3.63, 3.8) is 0 Å². The minimum Gasteiger partial charge on any atom is -0.493 e. The molecule has 0 radical (unpaired) electrons. The number of nitrogens with zero attached hydrogens (tertiary/aromatic N) is 4. The molecular weight excluding hydrogens is 396 g/mol. The first-order valence-corrected chi connectivity index (χ1v) is 11.1. The van der Waals surface area contributed by atoms with Crippen LogP contribution in [0.25, 0.3) is 22.6 Å². The minimum absolute atomic E-state index is 0.529. The fraction of sp³-hybridized carbons (Fsp3) is 0.261. The Morgan fingerprint density at radius 2 is 1.90 bits per heavy atom. The average molecular weight is 419 g/mol. The van der Waals surface area contributed by atoms with Crippen molar-refractivity contribution in [3.05, 3.63) is 66.7 Å². The van der Waals surface area contributed by atoms with Gasteiger partial charge in [0.1, 0.15) is 5.75 Å². The Kier molecular flexibility index (Phi) is 5.27. The van der Waals surface area contributed by atoms with Gasteiger partial charge in [-0.25, -0.2) is 4.98 Å². The summed E-state index contributed by atoms with van der Waals surface area (Å²) in [5, 5.41) is 5.15. The number of para-hydroxylation sites is 1. The number of aromatic nitrogens is 4. The minimum atomic E-state index is 0.529. The molecule has 4 aromatic rings. The maximum absolute atomic E-state index is 5.68. The Bertz CT molecular complexity index is 1140. The van der Waals surface area contributed by atoms with E-state index in [2.05, 4.69) is 44.0 Å². The van der Waals surface area contributed by atoms with Crippen LogP contribution in [0.2, 0.25) is 0 Å². The molecule has 0 aliphatic heterocycles. The van der Waals surface area contributed by atoms with Crippen LogP contribution in [0.3, 0.4) is 0 Å². The zero-order chi connectivity index (χ0) is 20.3. The maximum Gasteiger partial charge on any atom is 0.237 e. The van der Waals surface area contributed by atoms with Crippen LogP contribution in [0.1, 0.15) is 31.7 Å². The Balaban J connectivity index is 1.35. The van der Waals surface area contributed by atoms with Crippen LogP contribution in [0, 0.1) is 0 Å². The van der Waals surface area contributed by atoms with Gasteiger partial charge >= 0.3 is 0 Å². The smallest absolute Gasteiger partial charge is 0.237 e. The van der Waals surface area contributed by atoms with Crippen molar-refractivity contribution in [2.75, 3.05) is 6.61 Å². The standard InChI is InChI=1S/C23H22N4O2S/c1-2-28-20-11-7-6-10-18(20)22-25-21(29-26-22)15-30-23-24-14-19(27(23)17-12-13-17)16-8-4-3-5-9-16/h3-11,14,17H,2,12-13,15H2,1H3. The SMILES string of the molecule is CCOc1ccccc1-c1noc(CSc2ncc(-c3ccccc3)n2C2CC2)n1. The van der Waals surface area contributed by atoms with E-state index in [0.29, 0.717) is 30.1 Å². The van der Waals surface area contributed by atoms with Crippen molar-refractivity contribution in [2.45, 2.75) is 36.7 Å². The fourth-order valence-corrected chi connectivity index (χ4v) is 4.32. The summed E-state index contributed by atoms with van der Waals surface area (Å²) in [5.74, 6) is 2.46. The number of thioether (sulfide) groups is 1. The molecule has 30 heavy (non-hydrogen) atoms. The zero-order valence-electron chi connectivity index (χ0n) is 16.7. The molecule has 0 amide bonds. The van der Waals surface area contributed by atoms with Crippen LogP contribution < -0.4 is 4.74 Å². The molecule has 0 bridgehead atoms. The van der Waals surface area contributed by atoms with Crippen molar-refractivity contribution < 1.29 is 9.26 Å². The number of imidazole rings is 1. The normalized spacial score (nSPS) is 13.5. The monoisotopic (exact) mass is 418 g/mol. The molecular formula is C23H22N4O2S. The predicted molar refractivity (Wildman–Crippen MR) is 116 cm³/mol. The topological polar surface area (TPSA) is 66.0 Å². The molecule has 0 N–H and O–H groups in total. The summed E-state index contributed by atoms with van der Waals surface area (Å²) in [7, 11) is 0. The van der Waals surface area contributed by atoms with Gasteiger partial charge in [-0.05, 0) is 37.5 Å². The highest BCUT2D eigenvalue weighted by Crippen LogP contribution is 2.42. The number of benzene rings is 2. The van der Waals surface area contributed by atoms with Crippen molar-refractivity contribution in [2.24, 2.45) is 0 Å². The Morgan fingerprint density at radius 3 is 2.70 bits per heavy atom. The third-order valence-corrected chi connectivity index (χ3v) is 5.92. The average Bonchev–Trinajstić information content (AvgIpc) is 3.36. The first-order chi connectivity index (χ1) is 14.8. The van der Waals surface area contributed by atoms with Gasteiger partial charge in [0.25, 0.3) is 0 Å². The van der Waals surface area contributed by atoms with E-state index in [-0.39, 0.29) is 0 Å². The fourth-order valence-electron chi connectivity index (χ4n) is 3.44. The molecule has 1 aliphatic rings. The van der Waals surface area contributed by atoms with Gasteiger partial charge in [0.05, 0.1) is 29.8 Å². The van der Waals surface area contributed by atoms with Crippen LogP contribution >= 0.6 is 11.8 Å². The lowest BCUT2D eigenvalue weighted by Crippen LogP contribution is -1.99. The third-order valence-electron chi connectivity index (χ3n) is 4.97. The van der Waals surface area contributed by atoms with Crippen molar-refractivity contribution in [1.29, 1.82) is 0 Å². The molecule has 0 spiro atoms. The highest BCUT2D eigenvalue weighted by molar-refractivity contribution is 7.98.